The summed E-state index contributed by atoms with van der Waals surface area (Å²) in [5.41, 5.74) is 3.23. The molecule has 106 valence electrons. The number of fused-ring (bicyclic) bond motifs is 1. The number of hydrogen-bond acceptors (Lipinski definition) is 2. The highest BCUT2D eigenvalue weighted by atomic mass is 79.9. The zero-order chi connectivity index (χ0) is 14.2. The Balaban J connectivity index is 1.63. The van der Waals surface area contributed by atoms with Gasteiger partial charge in [-0.25, -0.2) is 4.98 Å². The zero-order valence-electron chi connectivity index (χ0n) is 11.5. The molecule has 1 N–H and O–H groups in total. The van der Waals surface area contributed by atoms with Crippen molar-refractivity contribution >= 4 is 27.0 Å². The standard InChI is InChI=1S/C17H15BrN2O/c18-13-7-15-16(9-20-17(15)19-8-13)12-3-5-14(6-4-12)21-10-11-1-2-11/h3-9,11H,1-2,10H2,(H,19,20). The number of nitrogens with zero attached hydrogens (tertiary/aromatic N) is 1. The summed E-state index contributed by atoms with van der Waals surface area (Å²) in [6, 6.07) is 10.4. The molecule has 0 unspecified atom stereocenters. The minimum absolute atomic E-state index is 0.779. The minimum Gasteiger partial charge on any atom is -0.493 e. The van der Waals surface area contributed by atoms with Gasteiger partial charge in [0, 0.05) is 27.8 Å². The van der Waals surface area contributed by atoms with Crippen molar-refractivity contribution in [2.75, 3.05) is 6.61 Å². The molecular formula is C17H15BrN2O. The van der Waals surface area contributed by atoms with Gasteiger partial charge in [-0.2, -0.15) is 0 Å². The largest absolute Gasteiger partial charge is 0.493 e. The lowest BCUT2D eigenvalue weighted by Crippen LogP contribution is -1.98. The van der Waals surface area contributed by atoms with E-state index in [0.29, 0.717) is 0 Å². The second-order valence-corrected chi connectivity index (χ2v) is 6.45. The summed E-state index contributed by atoms with van der Waals surface area (Å²) in [7, 11) is 0. The molecule has 4 rings (SSSR count). The van der Waals surface area contributed by atoms with Crippen LogP contribution < -0.4 is 4.74 Å². The van der Waals surface area contributed by atoms with Gasteiger partial charge in [0.15, 0.2) is 0 Å². The molecule has 2 aromatic heterocycles. The van der Waals surface area contributed by atoms with E-state index in [1.165, 1.54) is 18.4 Å². The molecule has 0 amide bonds. The fraction of sp³-hybridized carbons (Fsp3) is 0.235. The van der Waals surface area contributed by atoms with Crippen molar-refractivity contribution in [1.29, 1.82) is 0 Å². The quantitative estimate of drug-likeness (QED) is 0.740. The normalized spacial score (nSPS) is 14.5. The molecule has 1 saturated carbocycles. The average Bonchev–Trinajstić information content (AvgIpc) is 3.25. The number of H-pyrrole nitrogens is 1. The second-order valence-electron chi connectivity index (χ2n) is 5.53. The summed E-state index contributed by atoms with van der Waals surface area (Å²) >= 11 is 3.48. The SMILES string of the molecule is Brc1cnc2[nH]cc(-c3ccc(OCC4CC4)cc3)c2c1. The van der Waals surface area contributed by atoms with Crippen molar-refractivity contribution in [1.82, 2.24) is 9.97 Å². The first-order chi connectivity index (χ1) is 10.3. The van der Waals surface area contributed by atoms with E-state index in [9.17, 15) is 0 Å². The van der Waals surface area contributed by atoms with E-state index < -0.39 is 0 Å². The number of rotatable bonds is 4. The highest BCUT2D eigenvalue weighted by molar-refractivity contribution is 9.10. The molecule has 4 heteroatoms. The van der Waals surface area contributed by atoms with Crippen molar-refractivity contribution in [3.63, 3.8) is 0 Å². The molecule has 0 saturated heterocycles. The Morgan fingerprint density at radius 2 is 2.05 bits per heavy atom. The van der Waals surface area contributed by atoms with Gasteiger partial charge in [-0.3, -0.25) is 0 Å². The lowest BCUT2D eigenvalue weighted by molar-refractivity contribution is 0.300. The van der Waals surface area contributed by atoms with E-state index in [-0.39, 0.29) is 0 Å². The number of hydrogen-bond donors (Lipinski definition) is 1. The van der Waals surface area contributed by atoms with Gasteiger partial charge in [-0.15, -0.1) is 0 Å². The van der Waals surface area contributed by atoms with E-state index in [1.54, 1.807) is 6.20 Å². The van der Waals surface area contributed by atoms with Gasteiger partial charge >= 0.3 is 0 Å². The Bertz CT molecular complexity index is 775. The molecular weight excluding hydrogens is 328 g/mol. The molecule has 0 bridgehead atoms. The Kier molecular flexibility index (Phi) is 3.19. The number of pyridine rings is 1. The highest BCUT2D eigenvalue weighted by Crippen LogP contribution is 2.32. The van der Waals surface area contributed by atoms with Crippen LogP contribution in [-0.2, 0) is 0 Å². The number of benzene rings is 1. The maximum Gasteiger partial charge on any atom is 0.137 e. The van der Waals surface area contributed by atoms with Crippen LogP contribution in [0.2, 0.25) is 0 Å². The van der Waals surface area contributed by atoms with Crippen molar-refractivity contribution in [3.8, 4) is 16.9 Å². The molecule has 3 aromatic rings. The monoisotopic (exact) mass is 342 g/mol. The summed E-state index contributed by atoms with van der Waals surface area (Å²) in [5, 5.41) is 1.12. The number of aromatic amines is 1. The van der Waals surface area contributed by atoms with Crippen LogP contribution in [0.4, 0.5) is 0 Å². The number of ether oxygens (including phenoxy) is 1. The van der Waals surface area contributed by atoms with Gasteiger partial charge in [0.1, 0.15) is 11.4 Å². The molecule has 1 aliphatic carbocycles. The van der Waals surface area contributed by atoms with E-state index in [1.807, 2.05) is 18.3 Å². The average molecular weight is 343 g/mol. The van der Waals surface area contributed by atoms with Crippen LogP contribution >= 0.6 is 15.9 Å². The lowest BCUT2D eigenvalue weighted by Gasteiger charge is -2.06. The lowest BCUT2D eigenvalue weighted by atomic mass is 10.1. The fourth-order valence-corrected chi connectivity index (χ4v) is 2.78. The first-order valence-electron chi connectivity index (χ1n) is 7.15. The fourth-order valence-electron chi connectivity index (χ4n) is 2.45. The van der Waals surface area contributed by atoms with E-state index in [4.69, 9.17) is 4.74 Å². The smallest absolute Gasteiger partial charge is 0.137 e. The van der Waals surface area contributed by atoms with Crippen molar-refractivity contribution < 1.29 is 4.74 Å². The maximum absolute atomic E-state index is 5.78. The third kappa shape index (κ3) is 2.68. The highest BCUT2D eigenvalue weighted by Gasteiger charge is 2.21. The first-order valence-corrected chi connectivity index (χ1v) is 7.95. The molecule has 3 nitrogen and oxygen atoms in total. The van der Waals surface area contributed by atoms with Crippen LogP contribution in [0.3, 0.4) is 0 Å². The van der Waals surface area contributed by atoms with E-state index in [0.717, 1.165) is 39.3 Å². The molecule has 0 radical (unpaired) electrons. The predicted molar refractivity (Wildman–Crippen MR) is 87.4 cm³/mol. The Morgan fingerprint density at radius 3 is 2.81 bits per heavy atom. The van der Waals surface area contributed by atoms with Gasteiger partial charge in [0.2, 0.25) is 0 Å². The van der Waals surface area contributed by atoms with Crippen LogP contribution in [0, 0.1) is 5.92 Å². The van der Waals surface area contributed by atoms with E-state index in [2.05, 4.69) is 44.1 Å². The Labute approximate surface area is 131 Å². The summed E-state index contributed by atoms with van der Waals surface area (Å²) in [4.78, 5) is 7.59. The summed E-state index contributed by atoms with van der Waals surface area (Å²) in [6.45, 7) is 0.850. The van der Waals surface area contributed by atoms with Gasteiger partial charge in [-0.1, -0.05) is 12.1 Å². The van der Waals surface area contributed by atoms with Gasteiger partial charge in [0.05, 0.1) is 6.61 Å². The first kappa shape index (κ1) is 12.9. The molecule has 21 heavy (non-hydrogen) atoms. The summed E-state index contributed by atoms with van der Waals surface area (Å²) in [6.07, 6.45) is 6.44. The van der Waals surface area contributed by atoms with Gasteiger partial charge in [0.25, 0.3) is 0 Å². The van der Waals surface area contributed by atoms with Crippen molar-refractivity contribution in [3.05, 3.63) is 47.2 Å². The number of aromatic nitrogens is 2. The maximum atomic E-state index is 5.78. The summed E-state index contributed by atoms with van der Waals surface area (Å²) in [5.74, 6) is 1.73. The van der Waals surface area contributed by atoms with Crippen LogP contribution in [-0.4, -0.2) is 16.6 Å². The van der Waals surface area contributed by atoms with Crippen molar-refractivity contribution in [2.45, 2.75) is 12.8 Å². The van der Waals surface area contributed by atoms with Crippen LogP contribution in [0.1, 0.15) is 12.8 Å². The molecule has 0 atom stereocenters. The third-order valence-corrected chi connectivity index (χ3v) is 4.28. The molecule has 0 spiro atoms. The molecule has 1 aromatic carbocycles. The topological polar surface area (TPSA) is 37.9 Å². The minimum atomic E-state index is 0.779. The van der Waals surface area contributed by atoms with Crippen LogP contribution in [0.5, 0.6) is 5.75 Å². The Morgan fingerprint density at radius 1 is 1.24 bits per heavy atom. The molecule has 1 fully saturated rings. The van der Waals surface area contributed by atoms with E-state index >= 15 is 0 Å². The number of nitrogens with one attached hydrogen (secondary N) is 1. The van der Waals surface area contributed by atoms with Crippen molar-refractivity contribution in [2.24, 2.45) is 5.92 Å². The zero-order valence-corrected chi connectivity index (χ0v) is 13.1. The molecule has 0 aliphatic heterocycles. The van der Waals surface area contributed by atoms with Crippen LogP contribution in [0.15, 0.2) is 47.2 Å². The second kappa shape index (κ2) is 5.19. The summed E-state index contributed by atoms with van der Waals surface area (Å²) < 4.78 is 6.77. The molecule has 2 heterocycles. The Hall–Kier alpha value is -1.81. The third-order valence-electron chi connectivity index (χ3n) is 3.85. The number of halogens is 1. The van der Waals surface area contributed by atoms with Gasteiger partial charge < -0.3 is 9.72 Å². The molecule has 1 aliphatic rings. The van der Waals surface area contributed by atoms with Gasteiger partial charge in [-0.05, 0) is 58.5 Å². The predicted octanol–water partition coefficient (Wildman–Crippen LogP) is 4.78. The van der Waals surface area contributed by atoms with Crippen LogP contribution in [0.25, 0.3) is 22.2 Å².